The van der Waals surface area contributed by atoms with E-state index < -0.39 is 0 Å². The normalized spacial score (nSPS) is 17.9. The zero-order valence-electron chi connectivity index (χ0n) is 20.5. The second kappa shape index (κ2) is 9.57. The van der Waals surface area contributed by atoms with Gasteiger partial charge in [0, 0.05) is 43.4 Å². The molecule has 0 unspecified atom stereocenters. The largest absolute Gasteiger partial charge is 0.492 e. The average Bonchev–Trinajstić information content (AvgIpc) is 3.29. The van der Waals surface area contributed by atoms with Crippen LogP contribution in [0.2, 0.25) is 0 Å². The predicted molar refractivity (Wildman–Crippen MR) is 134 cm³/mol. The third-order valence-corrected chi connectivity index (χ3v) is 7.76. The number of amides is 1. The second-order valence-electron chi connectivity index (χ2n) is 9.84. The number of nitrogens with one attached hydrogen (secondary N) is 1. The first-order valence-electron chi connectivity index (χ1n) is 12.5. The molecule has 8 heteroatoms. The first kappa shape index (κ1) is 23.2. The van der Waals surface area contributed by atoms with Crippen LogP contribution in [0.3, 0.4) is 0 Å². The predicted octanol–water partition coefficient (Wildman–Crippen LogP) is 4.65. The van der Waals surface area contributed by atoms with Crippen molar-refractivity contribution in [3.05, 3.63) is 42.4 Å². The van der Waals surface area contributed by atoms with E-state index in [1.54, 1.807) is 23.8 Å². The Labute approximate surface area is 205 Å². The van der Waals surface area contributed by atoms with E-state index in [9.17, 15) is 10.1 Å². The minimum absolute atomic E-state index is 0.201. The molecule has 3 aromatic rings. The highest BCUT2D eigenvalue weighted by molar-refractivity contribution is 5.85. The number of likely N-dealkylation sites (tertiary alicyclic amines) is 1. The molecule has 1 saturated heterocycles. The summed E-state index contributed by atoms with van der Waals surface area (Å²) in [5.41, 5.74) is 3.48. The smallest absolute Gasteiger partial charge is 0.219 e. The van der Waals surface area contributed by atoms with Crippen molar-refractivity contribution in [2.24, 2.45) is 5.41 Å². The van der Waals surface area contributed by atoms with Crippen LogP contribution in [0.15, 0.2) is 36.8 Å². The van der Waals surface area contributed by atoms with Gasteiger partial charge in [0.1, 0.15) is 17.6 Å². The highest BCUT2D eigenvalue weighted by atomic mass is 16.5. The van der Waals surface area contributed by atoms with Crippen molar-refractivity contribution >= 4 is 17.2 Å². The minimum Gasteiger partial charge on any atom is -0.492 e. The molecule has 1 aliphatic carbocycles. The third-order valence-electron chi connectivity index (χ3n) is 7.76. The number of carbonyl (C=O) groups is 1. The Balaban J connectivity index is 1.27. The number of anilines is 1. The van der Waals surface area contributed by atoms with E-state index in [4.69, 9.17) is 9.72 Å². The van der Waals surface area contributed by atoms with Gasteiger partial charge in [0.05, 0.1) is 30.1 Å². The molecule has 35 heavy (non-hydrogen) atoms. The Morgan fingerprint density at radius 2 is 2.00 bits per heavy atom. The van der Waals surface area contributed by atoms with E-state index in [0.29, 0.717) is 29.4 Å². The van der Waals surface area contributed by atoms with E-state index in [1.165, 1.54) is 12.8 Å². The molecule has 1 spiro atoms. The summed E-state index contributed by atoms with van der Waals surface area (Å²) in [6.07, 6.45) is 12.1. The second-order valence-corrected chi connectivity index (χ2v) is 9.84. The SMILES string of the molecule is CCOc1cc(-c2ccc(NC3CCC4(CC3)CCN(C(C)=O)CC4)nc2)c2c(C#N)cnn2c1. The highest BCUT2D eigenvalue weighted by Gasteiger charge is 2.38. The van der Waals surface area contributed by atoms with Crippen LogP contribution in [-0.2, 0) is 4.79 Å². The molecule has 1 N–H and O–H groups in total. The fourth-order valence-electron chi connectivity index (χ4n) is 5.66. The summed E-state index contributed by atoms with van der Waals surface area (Å²) in [5, 5.41) is 17.5. The lowest BCUT2D eigenvalue weighted by Gasteiger charge is -2.46. The van der Waals surface area contributed by atoms with E-state index in [2.05, 4.69) is 16.5 Å². The van der Waals surface area contributed by atoms with Crippen molar-refractivity contribution in [1.82, 2.24) is 19.5 Å². The van der Waals surface area contributed by atoms with Gasteiger partial charge in [-0.05, 0) is 69.1 Å². The molecule has 2 fully saturated rings. The van der Waals surface area contributed by atoms with E-state index >= 15 is 0 Å². The highest BCUT2D eigenvalue weighted by Crippen LogP contribution is 2.45. The number of fused-ring (bicyclic) bond motifs is 1. The molecule has 1 saturated carbocycles. The van der Waals surface area contributed by atoms with Gasteiger partial charge >= 0.3 is 0 Å². The number of ether oxygens (including phenoxy) is 1. The quantitative estimate of drug-likeness (QED) is 0.581. The number of aromatic nitrogens is 3. The van der Waals surface area contributed by atoms with Crippen LogP contribution < -0.4 is 10.1 Å². The number of hydrogen-bond donors (Lipinski definition) is 1. The van der Waals surface area contributed by atoms with Gasteiger partial charge in [-0.1, -0.05) is 0 Å². The number of carbonyl (C=O) groups excluding carboxylic acids is 1. The summed E-state index contributed by atoms with van der Waals surface area (Å²) in [6.45, 7) is 5.97. The molecule has 3 aromatic heterocycles. The molecule has 182 valence electrons. The number of piperidine rings is 1. The molecule has 0 radical (unpaired) electrons. The molecule has 1 aliphatic heterocycles. The Hall–Kier alpha value is -3.60. The maximum Gasteiger partial charge on any atom is 0.219 e. The number of hydrogen-bond acceptors (Lipinski definition) is 6. The lowest BCUT2D eigenvalue weighted by molar-refractivity contribution is -0.131. The van der Waals surface area contributed by atoms with Gasteiger partial charge in [-0.2, -0.15) is 10.4 Å². The van der Waals surface area contributed by atoms with Crippen LogP contribution in [-0.4, -0.2) is 51.1 Å². The van der Waals surface area contributed by atoms with Crippen LogP contribution in [0.5, 0.6) is 5.75 Å². The average molecular weight is 473 g/mol. The van der Waals surface area contributed by atoms with E-state index in [-0.39, 0.29) is 5.91 Å². The molecule has 5 rings (SSSR count). The molecule has 0 aromatic carbocycles. The van der Waals surface area contributed by atoms with Crippen molar-refractivity contribution < 1.29 is 9.53 Å². The molecular weight excluding hydrogens is 440 g/mol. The van der Waals surface area contributed by atoms with Crippen molar-refractivity contribution in [2.45, 2.75) is 58.4 Å². The van der Waals surface area contributed by atoms with Crippen LogP contribution >= 0.6 is 0 Å². The lowest BCUT2D eigenvalue weighted by atomic mass is 9.67. The Morgan fingerprint density at radius 1 is 1.23 bits per heavy atom. The van der Waals surface area contributed by atoms with Gasteiger partial charge in [0.2, 0.25) is 5.91 Å². The number of rotatable bonds is 5. The van der Waals surface area contributed by atoms with Crippen molar-refractivity contribution in [1.29, 1.82) is 5.26 Å². The van der Waals surface area contributed by atoms with Crippen molar-refractivity contribution in [3.63, 3.8) is 0 Å². The number of pyridine rings is 2. The van der Waals surface area contributed by atoms with Crippen LogP contribution in [0.1, 0.15) is 57.9 Å². The van der Waals surface area contributed by atoms with Gasteiger partial charge in [-0.3, -0.25) is 4.79 Å². The monoisotopic (exact) mass is 472 g/mol. The van der Waals surface area contributed by atoms with E-state index in [0.717, 1.165) is 61.2 Å². The van der Waals surface area contributed by atoms with Crippen LogP contribution in [0, 0.1) is 16.7 Å². The van der Waals surface area contributed by atoms with Gasteiger partial charge < -0.3 is 15.0 Å². The zero-order chi connectivity index (χ0) is 24.4. The fourth-order valence-corrected chi connectivity index (χ4v) is 5.66. The van der Waals surface area contributed by atoms with Crippen LogP contribution in [0.4, 0.5) is 5.82 Å². The first-order valence-corrected chi connectivity index (χ1v) is 12.5. The molecule has 8 nitrogen and oxygen atoms in total. The molecule has 0 atom stereocenters. The minimum atomic E-state index is 0.201. The maximum absolute atomic E-state index is 11.7. The van der Waals surface area contributed by atoms with Crippen molar-refractivity contribution in [3.8, 4) is 22.9 Å². The fraction of sp³-hybridized carbons (Fsp3) is 0.481. The summed E-state index contributed by atoms with van der Waals surface area (Å²) >= 11 is 0. The standard InChI is InChI=1S/C27H32N6O2/c1-3-35-23-14-24(26-21(15-28)17-30-33(26)18-23)20-4-5-25(29-16-20)31-22-6-8-27(9-7-22)10-12-32(13-11-27)19(2)34/h4-5,14,16-18,22H,3,6-13H2,1-2H3,(H,29,31). The first-order chi connectivity index (χ1) is 17.0. The van der Waals surface area contributed by atoms with Gasteiger partial charge in [0.15, 0.2) is 0 Å². The van der Waals surface area contributed by atoms with Gasteiger partial charge in [-0.15, -0.1) is 0 Å². The summed E-state index contributed by atoms with van der Waals surface area (Å²) in [7, 11) is 0. The topological polar surface area (TPSA) is 95.5 Å². The van der Waals surface area contributed by atoms with Gasteiger partial charge in [0.25, 0.3) is 0 Å². The number of nitriles is 1. The molecule has 2 aliphatic rings. The lowest BCUT2D eigenvalue weighted by Crippen LogP contribution is -2.44. The Morgan fingerprint density at radius 3 is 2.63 bits per heavy atom. The molecular formula is C27H32N6O2. The molecule has 4 heterocycles. The van der Waals surface area contributed by atoms with E-state index in [1.807, 2.05) is 36.2 Å². The summed E-state index contributed by atoms with van der Waals surface area (Å²) in [6, 6.07) is 8.65. The maximum atomic E-state index is 11.7. The molecule has 1 amide bonds. The van der Waals surface area contributed by atoms with Crippen LogP contribution in [0.25, 0.3) is 16.6 Å². The zero-order valence-corrected chi connectivity index (χ0v) is 20.5. The Bertz CT molecular complexity index is 1240. The summed E-state index contributed by atoms with van der Waals surface area (Å²) < 4.78 is 7.41. The summed E-state index contributed by atoms with van der Waals surface area (Å²) in [5.74, 6) is 1.77. The van der Waals surface area contributed by atoms with Crippen molar-refractivity contribution in [2.75, 3.05) is 25.0 Å². The Kier molecular flexibility index (Phi) is 6.33. The summed E-state index contributed by atoms with van der Waals surface area (Å²) in [4.78, 5) is 18.3. The molecule has 0 bridgehead atoms. The van der Waals surface area contributed by atoms with Gasteiger partial charge in [-0.25, -0.2) is 9.50 Å². The third kappa shape index (κ3) is 4.68. The number of nitrogens with zero attached hydrogens (tertiary/aromatic N) is 5.